The van der Waals surface area contributed by atoms with Crippen molar-refractivity contribution < 1.29 is 4.79 Å². The first-order chi connectivity index (χ1) is 10.2. The summed E-state index contributed by atoms with van der Waals surface area (Å²) in [6, 6.07) is 0. The van der Waals surface area contributed by atoms with Gasteiger partial charge in [0.1, 0.15) is 0 Å². The Hall–Kier alpha value is -1.01. The van der Waals surface area contributed by atoms with E-state index in [9.17, 15) is 4.79 Å². The van der Waals surface area contributed by atoms with Crippen LogP contribution in [0.25, 0.3) is 0 Å². The second-order valence-corrected chi connectivity index (χ2v) is 7.09. The molecule has 0 bridgehead atoms. The molecule has 1 aromatic heterocycles. The number of nitrogens with zero attached hydrogens (tertiary/aromatic N) is 4. The largest absolute Gasteiger partial charge is 0.341 e. The van der Waals surface area contributed by atoms with Crippen molar-refractivity contribution in [1.82, 2.24) is 14.9 Å². The Bertz CT molecular complexity index is 492. The van der Waals surface area contributed by atoms with E-state index in [-0.39, 0.29) is 5.92 Å². The molecule has 0 N–H and O–H groups in total. The fourth-order valence-corrected chi connectivity index (χ4v) is 3.87. The molecule has 0 spiro atoms. The average Bonchev–Trinajstić information content (AvgIpc) is 2.56. The number of rotatable bonds is 2. The quantitative estimate of drug-likeness (QED) is 0.831. The van der Waals surface area contributed by atoms with E-state index in [1.54, 1.807) is 12.4 Å². The minimum absolute atomic E-state index is 0.0705. The zero-order valence-corrected chi connectivity index (χ0v) is 13.4. The maximum atomic E-state index is 12.6. The van der Waals surface area contributed by atoms with Gasteiger partial charge < -0.3 is 9.80 Å². The Morgan fingerprint density at radius 2 is 1.95 bits per heavy atom. The molecule has 2 aliphatic heterocycles. The number of carbonyl (C=O) groups is 1. The van der Waals surface area contributed by atoms with Gasteiger partial charge in [-0.2, -0.15) is 11.8 Å². The molecule has 1 amide bonds. The van der Waals surface area contributed by atoms with Gasteiger partial charge in [0.05, 0.1) is 23.3 Å². The van der Waals surface area contributed by atoms with Gasteiger partial charge in [-0.05, 0) is 12.8 Å². The van der Waals surface area contributed by atoms with Crippen molar-refractivity contribution in [3.63, 3.8) is 0 Å². The van der Waals surface area contributed by atoms with E-state index in [2.05, 4.69) is 14.9 Å². The van der Waals surface area contributed by atoms with Crippen molar-refractivity contribution in [1.29, 1.82) is 0 Å². The highest BCUT2D eigenvalue weighted by molar-refractivity contribution is 7.99. The first-order valence-corrected chi connectivity index (χ1v) is 8.86. The lowest BCUT2D eigenvalue weighted by Crippen LogP contribution is -2.47. The molecule has 2 saturated heterocycles. The van der Waals surface area contributed by atoms with Crippen molar-refractivity contribution in [2.24, 2.45) is 5.92 Å². The molecule has 21 heavy (non-hydrogen) atoms. The molecule has 1 aromatic rings. The number of halogens is 1. The summed E-state index contributed by atoms with van der Waals surface area (Å²) in [6.45, 7) is 3.39. The van der Waals surface area contributed by atoms with E-state index in [0.29, 0.717) is 23.4 Å². The lowest BCUT2D eigenvalue weighted by atomic mass is 9.96. The van der Waals surface area contributed by atoms with Crippen LogP contribution in [0.5, 0.6) is 0 Å². The molecule has 0 aliphatic carbocycles. The van der Waals surface area contributed by atoms with E-state index in [1.807, 2.05) is 16.7 Å². The van der Waals surface area contributed by atoms with Gasteiger partial charge in [0.15, 0.2) is 0 Å². The fourth-order valence-electron chi connectivity index (χ4n) is 2.87. The molecular formula is C14H19ClN4OS. The zero-order chi connectivity index (χ0) is 14.7. The second-order valence-electron chi connectivity index (χ2n) is 5.42. The Morgan fingerprint density at radius 3 is 2.67 bits per heavy atom. The molecule has 3 heterocycles. The van der Waals surface area contributed by atoms with Crippen LogP contribution in [0.1, 0.15) is 12.8 Å². The molecule has 3 rings (SSSR count). The van der Waals surface area contributed by atoms with Gasteiger partial charge in [0.25, 0.3) is 0 Å². The lowest BCUT2D eigenvalue weighted by molar-refractivity contribution is -0.135. The monoisotopic (exact) mass is 326 g/mol. The van der Waals surface area contributed by atoms with E-state index in [1.165, 1.54) is 0 Å². The van der Waals surface area contributed by atoms with Gasteiger partial charge in [-0.15, -0.1) is 0 Å². The van der Waals surface area contributed by atoms with Gasteiger partial charge >= 0.3 is 0 Å². The topological polar surface area (TPSA) is 49.3 Å². The predicted molar refractivity (Wildman–Crippen MR) is 85.9 cm³/mol. The smallest absolute Gasteiger partial charge is 0.227 e. The highest BCUT2D eigenvalue weighted by Gasteiger charge is 2.30. The molecule has 1 atom stereocenters. The number of piperidine rings is 1. The van der Waals surface area contributed by atoms with Crippen molar-refractivity contribution in [3.8, 4) is 0 Å². The minimum atomic E-state index is 0.0705. The van der Waals surface area contributed by atoms with Crippen LogP contribution in [0.3, 0.4) is 0 Å². The third kappa shape index (κ3) is 3.61. The van der Waals surface area contributed by atoms with E-state index >= 15 is 0 Å². The summed E-state index contributed by atoms with van der Waals surface area (Å²) in [5.74, 6) is 3.16. The first kappa shape index (κ1) is 14.9. The van der Waals surface area contributed by atoms with Crippen LogP contribution < -0.4 is 4.90 Å². The lowest BCUT2D eigenvalue weighted by Gasteiger charge is -2.36. The number of hydrogen-bond donors (Lipinski definition) is 0. The molecular weight excluding hydrogens is 308 g/mol. The summed E-state index contributed by atoms with van der Waals surface area (Å²) >= 11 is 7.75. The van der Waals surface area contributed by atoms with Crippen molar-refractivity contribution >= 4 is 35.2 Å². The Morgan fingerprint density at radius 1 is 1.24 bits per heavy atom. The van der Waals surface area contributed by atoms with Crippen molar-refractivity contribution in [2.45, 2.75) is 12.8 Å². The van der Waals surface area contributed by atoms with E-state index in [4.69, 9.17) is 11.6 Å². The Balaban J connectivity index is 1.64. The van der Waals surface area contributed by atoms with Crippen LogP contribution in [0.4, 0.5) is 5.95 Å². The number of aromatic nitrogens is 2. The number of amides is 1. The highest BCUT2D eigenvalue weighted by Crippen LogP contribution is 2.23. The molecule has 0 aromatic carbocycles. The molecule has 0 radical (unpaired) electrons. The molecule has 2 fully saturated rings. The average molecular weight is 327 g/mol. The fraction of sp³-hybridized carbons (Fsp3) is 0.643. The minimum Gasteiger partial charge on any atom is -0.341 e. The zero-order valence-electron chi connectivity index (χ0n) is 11.9. The summed E-state index contributed by atoms with van der Waals surface area (Å²) in [5, 5.41) is 0.536. The van der Waals surface area contributed by atoms with Crippen LogP contribution in [0, 0.1) is 5.92 Å². The number of anilines is 1. The van der Waals surface area contributed by atoms with Crippen molar-refractivity contribution in [2.75, 3.05) is 42.6 Å². The normalized spacial score (nSPS) is 23.2. The van der Waals surface area contributed by atoms with E-state index < -0.39 is 0 Å². The molecule has 1 unspecified atom stereocenters. The molecule has 2 aliphatic rings. The molecule has 5 nitrogen and oxygen atoms in total. The van der Waals surface area contributed by atoms with Gasteiger partial charge in [-0.1, -0.05) is 11.6 Å². The summed E-state index contributed by atoms with van der Waals surface area (Å²) in [7, 11) is 0. The summed E-state index contributed by atoms with van der Waals surface area (Å²) in [4.78, 5) is 25.3. The summed E-state index contributed by atoms with van der Waals surface area (Å²) in [6.07, 6.45) is 5.19. The molecule has 7 heteroatoms. The third-order valence-corrected chi connectivity index (χ3v) is 5.12. The van der Waals surface area contributed by atoms with Gasteiger partial charge in [0.2, 0.25) is 11.9 Å². The SMILES string of the molecule is O=C(C1CCCN(c2ncc(Cl)cn2)C1)N1CCSCC1. The van der Waals surface area contributed by atoms with Crippen molar-refractivity contribution in [3.05, 3.63) is 17.4 Å². The standard InChI is InChI=1S/C14H19ClN4OS/c15-12-8-16-14(17-9-12)19-3-1-2-11(10-19)13(20)18-4-6-21-7-5-18/h8-9,11H,1-7,10H2. The van der Waals surface area contributed by atoms with Gasteiger partial charge in [-0.25, -0.2) is 9.97 Å². The summed E-state index contributed by atoms with van der Waals surface area (Å²) < 4.78 is 0. The summed E-state index contributed by atoms with van der Waals surface area (Å²) in [5.41, 5.74) is 0. The Labute approximate surface area is 134 Å². The Kier molecular flexibility index (Phi) is 4.85. The number of hydrogen-bond acceptors (Lipinski definition) is 5. The van der Waals surface area contributed by atoms with Crippen LogP contribution in [-0.4, -0.2) is 58.5 Å². The number of carbonyl (C=O) groups excluding carboxylic acids is 1. The molecule has 0 saturated carbocycles. The van der Waals surface area contributed by atoms with Gasteiger partial charge in [-0.3, -0.25) is 4.79 Å². The van der Waals surface area contributed by atoms with Crippen LogP contribution in [-0.2, 0) is 4.79 Å². The highest BCUT2D eigenvalue weighted by atomic mass is 35.5. The number of thioether (sulfide) groups is 1. The third-order valence-electron chi connectivity index (χ3n) is 3.98. The van der Waals surface area contributed by atoms with Gasteiger partial charge in [0, 0.05) is 37.7 Å². The first-order valence-electron chi connectivity index (χ1n) is 7.33. The van der Waals surface area contributed by atoms with Crippen LogP contribution >= 0.6 is 23.4 Å². The second kappa shape index (κ2) is 6.83. The van der Waals surface area contributed by atoms with Crippen LogP contribution in [0.2, 0.25) is 5.02 Å². The molecule has 114 valence electrons. The van der Waals surface area contributed by atoms with E-state index in [0.717, 1.165) is 44.0 Å². The predicted octanol–water partition coefficient (Wildman–Crippen LogP) is 1.92. The maximum absolute atomic E-state index is 12.6. The maximum Gasteiger partial charge on any atom is 0.227 e. The van der Waals surface area contributed by atoms with Crippen LogP contribution in [0.15, 0.2) is 12.4 Å².